The van der Waals surface area contributed by atoms with E-state index in [4.69, 9.17) is 0 Å². The Balaban J connectivity index is 2.38. The standard InChI is InChI=1S/C16H28OS/c1-4-5-6-7-8-11-16(12-9-10-13-16)18-15(17)14(2)3/h2,4-13H2,1,3H3. The lowest BCUT2D eigenvalue weighted by Crippen LogP contribution is -2.22. The molecule has 1 fully saturated rings. The maximum Gasteiger partial charge on any atom is 0.214 e. The molecular weight excluding hydrogens is 240 g/mol. The van der Waals surface area contributed by atoms with E-state index in [1.807, 2.05) is 6.92 Å². The zero-order valence-corrected chi connectivity index (χ0v) is 12.9. The molecule has 1 aliphatic carbocycles. The second-order valence-corrected chi connectivity index (χ2v) is 7.17. The number of carbonyl (C=O) groups excluding carboxylic acids is 1. The highest BCUT2D eigenvalue weighted by molar-refractivity contribution is 8.15. The van der Waals surface area contributed by atoms with Gasteiger partial charge in [-0.1, -0.05) is 70.2 Å². The topological polar surface area (TPSA) is 17.1 Å². The zero-order valence-electron chi connectivity index (χ0n) is 12.1. The Hall–Kier alpha value is -0.240. The Labute approximate surface area is 117 Å². The largest absolute Gasteiger partial charge is 0.282 e. The van der Waals surface area contributed by atoms with Crippen LogP contribution in [0.1, 0.15) is 78.1 Å². The molecule has 0 aromatic carbocycles. The first-order valence-corrected chi connectivity index (χ1v) is 8.30. The molecule has 18 heavy (non-hydrogen) atoms. The van der Waals surface area contributed by atoms with Gasteiger partial charge < -0.3 is 0 Å². The molecule has 0 bridgehead atoms. The van der Waals surface area contributed by atoms with Crippen LogP contribution in [0.4, 0.5) is 0 Å². The van der Waals surface area contributed by atoms with E-state index >= 15 is 0 Å². The lowest BCUT2D eigenvalue weighted by Gasteiger charge is -2.27. The van der Waals surface area contributed by atoms with Crippen LogP contribution in [0, 0.1) is 0 Å². The molecule has 0 amide bonds. The van der Waals surface area contributed by atoms with Crippen LogP contribution in [0.3, 0.4) is 0 Å². The number of hydrogen-bond donors (Lipinski definition) is 0. The Bertz CT molecular complexity index is 277. The first-order valence-electron chi connectivity index (χ1n) is 7.48. The number of carbonyl (C=O) groups is 1. The predicted octanol–water partition coefficient (Wildman–Crippen LogP) is 5.50. The van der Waals surface area contributed by atoms with Crippen LogP contribution in [0.5, 0.6) is 0 Å². The Morgan fingerprint density at radius 1 is 1.17 bits per heavy atom. The first kappa shape index (κ1) is 15.8. The van der Waals surface area contributed by atoms with Crippen molar-refractivity contribution in [2.45, 2.75) is 82.8 Å². The molecule has 0 N–H and O–H groups in total. The van der Waals surface area contributed by atoms with Gasteiger partial charge in [-0.15, -0.1) is 0 Å². The Morgan fingerprint density at radius 2 is 1.78 bits per heavy atom. The molecule has 0 heterocycles. The molecule has 1 rings (SSSR count). The first-order chi connectivity index (χ1) is 8.59. The van der Waals surface area contributed by atoms with E-state index in [1.54, 1.807) is 11.8 Å². The second-order valence-electron chi connectivity index (χ2n) is 5.72. The summed E-state index contributed by atoms with van der Waals surface area (Å²) in [7, 11) is 0. The third-order valence-corrected chi connectivity index (χ3v) is 5.49. The molecule has 1 aliphatic rings. The van der Waals surface area contributed by atoms with Gasteiger partial charge in [-0.3, -0.25) is 4.79 Å². The third kappa shape index (κ3) is 5.17. The van der Waals surface area contributed by atoms with Crippen LogP contribution in [0.15, 0.2) is 12.2 Å². The normalized spacial score (nSPS) is 17.9. The van der Waals surface area contributed by atoms with Crippen molar-refractivity contribution in [1.29, 1.82) is 0 Å². The SMILES string of the molecule is C=C(C)C(=O)SC1(CCCCCCC)CCCC1. The van der Waals surface area contributed by atoms with Gasteiger partial charge in [0.1, 0.15) is 0 Å². The van der Waals surface area contributed by atoms with E-state index in [1.165, 1.54) is 64.2 Å². The van der Waals surface area contributed by atoms with Gasteiger partial charge in [0.05, 0.1) is 0 Å². The van der Waals surface area contributed by atoms with Gasteiger partial charge in [0, 0.05) is 4.75 Å². The van der Waals surface area contributed by atoms with E-state index < -0.39 is 0 Å². The molecule has 0 saturated heterocycles. The summed E-state index contributed by atoms with van der Waals surface area (Å²) < 4.78 is 0.252. The fourth-order valence-corrected chi connectivity index (χ4v) is 4.06. The van der Waals surface area contributed by atoms with E-state index in [2.05, 4.69) is 13.5 Å². The lowest BCUT2D eigenvalue weighted by molar-refractivity contribution is -0.107. The van der Waals surface area contributed by atoms with Crippen LogP contribution in [-0.4, -0.2) is 9.86 Å². The number of thioether (sulfide) groups is 1. The summed E-state index contributed by atoms with van der Waals surface area (Å²) >= 11 is 1.59. The fraction of sp³-hybridized carbons (Fsp3) is 0.812. The van der Waals surface area contributed by atoms with Crippen LogP contribution in [0.25, 0.3) is 0 Å². The molecule has 1 saturated carbocycles. The molecule has 2 heteroatoms. The summed E-state index contributed by atoms with van der Waals surface area (Å²) in [5.74, 6) is 0. The highest BCUT2D eigenvalue weighted by atomic mass is 32.2. The summed E-state index contributed by atoms with van der Waals surface area (Å²) in [4.78, 5) is 11.9. The lowest BCUT2D eigenvalue weighted by atomic mass is 9.98. The molecule has 0 aromatic heterocycles. The maximum atomic E-state index is 11.9. The molecule has 0 aliphatic heterocycles. The minimum atomic E-state index is 0.213. The van der Waals surface area contributed by atoms with Gasteiger partial charge in [-0.05, 0) is 31.8 Å². The summed E-state index contributed by atoms with van der Waals surface area (Å²) in [6.45, 7) is 7.86. The Kier molecular flexibility index (Phi) is 7.06. The Morgan fingerprint density at radius 3 is 2.33 bits per heavy atom. The number of hydrogen-bond acceptors (Lipinski definition) is 2. The average Bonchev–Trinajstić information content (AvgIpc) is 2.77. The minimum Gasteiger partial charge on any atom is -0.282 e. The molecule has 104 valence electrons. The van der Waals surface area contributed by atoms with Crippen LogP contribution >= 0.6 is 11.8 Å². The van der Waals surface area contributed by atoms with E-state index in [0.29, 0.717) is 5.57 Å². The highest BCUT2D eigenvalue weighted by Gasteiger charge is 2.36. The number of rotatable bonds is 8. The van der Waals surface area contributed by atoms with Crippen molar-refractivity contribution < 1.29 is 4.79 Å². The van der Waals surface area contributed by atoms with Crippen molar-refractivity contribution in [2.24, 2.45) is 0 Å². The van der Waals surface area contributed by atoms with Gasteiger partial charge in [-0.25, -0.2) is 0 Å². The van der Waals surface area contributed by atoms with E-state index in [9.17, 15) is 4.79 Å². The summed E-state index contributed by atoms with van der Waals surface area (Å²) in [5.41, 5.74) is 0.706. The van der Waals surface area contributed by atoms with Gasteiger partial charge in [0.15, 0.2) is 0 Å². The van der Waals surface area contributed by atoms with Crippen molar-refractivity contribution >= 4 is 16.9 Å². The van der Waals surface area contributed by atoms with Crippen molar-refractivity contribution in [3.05, 3.63) is 12.2 Å². The second kappa shape index (κ2) is 8.04. The van der Waals surface area contributed by atoms with Gasteiger partial charge in [0.25, 0.3) is 0 Å². The molecule has 0 spiro atoms. The average molecular weight is 268 g/mol. The molecule has 0 atom stereocenters. The summed E-state index contributed by atoms with van der Waals surface area (Å²) in [6.07, 6.45) is 12.9. The predicted molar refractivity (Wildman–Crippen MR) is 82.0 cm³/mol. The third-order valence-electron chi connectivity index (χ3n) is 3.91. The smallest absolute Gasteiger partial charge is 0.214 e. The van der Waals surface area contributed by atoms with Gasteiger partial charge in [-0.2, -0.15) is 0 Å². The molecule has 0 aromatic rings. The van der Waals surface area contributed by atoms with E-state index in [0.717, 1.165) is 0 Å². The van der Waals surface area contributed by atoms with Crippen molar-refractivity contribution in [1.82, 2.24) is 0 Å². The molecule has 0 radical (unpaired) electrons. The highest BCUT2D eigenvalue weighted by Crippen LogP contribution is 2.46. The van der Waals surface area contributed by atoms with E-state index in [-0.39, 0.29) is 9.86 Å². The molecule has 0 unspecified atom stereocenters. The quantitative estimate of drug-likeness (QED) is 0.427. The molecule has 1 nitrogen and oxygen atoms in total. The van der Waals surface area contributed by atoms with Crippen molar-refractivity contribution in [2.75, 3.05) is 0 Å². The minimum absolute atomic E-state index is 0.213. The van der Waals surface area contributed by atoms with Crippen molar-refractivity contribution in [3.8, 4) is 0 Å². The summed E-state index contributed by atoms with van der Waals surface area (Å²) in [5, 5.41) is 0.213. The van der Waals surface area contributed by atoms with Gasteiger partial charge >= 0.3 is 0 Å². The van der Waals surface area contributed by atoms with Crippen LogP contribution < -0.4 is 0 Å². The van der Waals surface area contributed by atoms with Gasteiger partial charge in [0.2, 0.25) is 5.12 Å². The summed E-state index contributed by atoms with van der Waals surface area (Å²) in [6, 6.07) is 0. The zero-order chi connectivity index (χ0) is 13.4. The maximum absolute atomic E-state index is 11.9. The van der Waals surface area contributed by atoms with Crippen LogP contribution in [-0.2, 0) is 4.79 Å². The number of unbranched alkanes of at least 4 members (excludes halogenated alkanes) is 4. The van der Waals surface area contributed by atoms with Crippen molar-refractivity contribution in [3.63, 3.8) is 0 Å². The van der Waals surface area contributed by atoms with Crippen LogP contribution in [0.2, 0.25) is 0 Å². The molecular formula is C16H28OS. The monoisotopic (exact) mass is 268 g/mol. The fourth-order valence-electron chi connectivity index (χ4n) is 2.76.